The van der Waals surface area contributed by atoms with Gasteiger partial charge in [-0.05, 0) is 6.92 Å². The molecule has 0 amide bonds. The smallest absolute Gasteiger partial charge is 0.303 e. The van der Waals surface area contributed by atoms with E-state index in [1.807, 2.05) is 0 Å². The molecule has 0 saturated heterocycles. The van der Waals surface area contributed by atoms with Crippen molar-refractivity contribution in [3.63, 3.8) is 0 Å². The van der Waals surface area contributed by atoms with E-state index in [0.717, 1.165) is 6.20 Å². The van der Waals surface area contributed by atoms with Crippen LogP contribution < -0.4 is 5.56 Å². The fourth-order valence-corrected chi connectivity index (χ4v) is 0.602. The summed E-state index contributed by atoms with van der Waals surface area (Å²) in [4.78, 5) is 15.3. The second kappa shape index (κ2) is 2.62. The first-order chi connectivity index (χ1) is 5.41. The van der Waals surface area contributed by atoms with Gasteiger partial charge < -0.3 is 4.98 Å². The van der Waals surface area contributed by atoms with Crippen molar-refractivity contribution in [2.24, 2.45) is 0 Å². The Labute approximate surface area is 65.3 Å². The van der Waals surface area contributed by atoms with Crippen molar-refractivity contribution in [3.8, 4) is 0 Å². The Hall–Kier alpha value is -1.33. The average Bonchev–Trinajstić information content (AvgIpc) is 1.92. The van der Waals surface area contributed by atoms with Gasteiger partial charge in [-0.15, -0.1) is 0 Å². The molecule has 66 valence electrons. The van der Waals surface area contributed by atoms with Gasteiger partial charge in [-0.25, -0.2) is 4.98 Å². The van der Waals surface area contributed by atoms with Crippen LogP contribution in [0.3, 0.4) is 0 Å². The predicted molar refractivity (Wildman–Crippen MR) is 34.6 cm³/mol. The lowest BCUT2D eigenvalue weighted by Gasteiger charge is -2.03. The van der Waals surface area contributed by atoms with Gasteiger partial charge in [0.05, 0.1) is 0 Å². The molecule has 1 heterocycles. The number of alkyl halides is 3. The predicted octanol–water partition coefficient (Wildman–Crippen LogP) is 1.10. The van der Waals surface area contributed by atoms with Crippen molar-refractivity contribution in [1.82, 2.24) is 9.97 Å². The summed E-state index contributed by atoms with van der Waals surface area (Å²) in [6.07, 6.45) is -3.70. The lowest BCUT2D eigenvalue weighted by Crippen LogP contribution is -2.19. The van der Waals surface area contributed by atoms with Gasteiger partial charge in [0.25, 0.3) is 5.56 Å². The third-order valence-corrected chi connectivity index (χ3v) is 1.25. The van der Waals surface area contributed by atoms with E-state index in [9.17, 15) is 18.0 Å². The van der Waals surface area contributed by atoms with Gasteiger partial charge in [-0.2, -0.15) is 13.2 Å². The minimum atomic E-state index is -4.59. The van der Waals surface area contributed by atoms with Gasteiger partial charge in [-0.1, -0.05) is 0 Å². The summed E-state index contributed by atoms with van der Waals surface area (Å²) < 4.78 is 35.6. The molecule has 0 spiro atoms. The van der Waals surface area contributed by atoms with E-state index in [1.54, 1.807) is 4.98 Å². The van der Waals surface area contributed by atoms with Crippen LogP contribution in [0.2, 0.25) is 0 Å². The molecule has 0 aromatic carbocycles. The van der Waals surface area contributed by atoms with Crippen molar-refractivity contribution in [2.75, 3.05) is 0 Å². The SMILES string of the molecule is Cc1cnc(C(F)(F)F)[nH]c1=O. The number of aryl methyl sites for hydroxylation is 1. The summed E-state index contributed by atoms with van der Waals surface area (Å²) in [5, 5.41) is 0. The molecule has 0 radical (unpaired) electrons. The van der Waals surface area contributed by atoms with E-state index in [2.05, 4.69) is 4.98 Å². The van der Waals surface area contributed by atoms with Gasteiger partial charge in [0.1, 0.15) is 0 Å². The highest BCUT2D eigenvalue weighted by Gasteiger charge is 2.33. The Morgan fingerprint density at radius 1 is 1.50 bits per heavy atom. The van der Waals surface area contributed by atoms with Crippen LogP contribution in [0.15, 0.2) is 11.0 Å². The third-order valence-electron chi connectivity index (χ3n) is 1.25. The topological polar surface area (TPSA) is 45.8 Å². The van der Waals surface area contributed by atoms with E-state index in [-0.39, 0.29) is 5.56 Å². The summed E-state index contributed by atoms with van der Waals surface area (Å²) >= 11 is 0. The zero-order valence-corrected chi connectivity index (χ0v) is 6.07. The number of nitrogens with zero attached hydrogens (tertiary/aromatic N) is 1. The van der Waals surface area contributed by atoms with E-state index in [1.165, 1.54) is 6.92 Å². The molecule has 3 nitrogen and oxygen atoms in total. The van der Waals surface area contributed by atoms with Gasteiger partial charge in [0, 0.05) is 11.8 Å². The van der Waals surface area contributed by atoms with Crippen LogP contribution in [-0.4, -0.2) is 9.97 Å². The number of aromatic nitrogens is 2. The molecule has 1 aromatic heterocycles. The molecular formula is C6H5F3N2O. The second-order valence-electron chi connectivity index (χ2n) is 2.24. The maximum Gasteiger partial charge on any atom is 0.449 e. The molecular weight excluding hydrogens is 173 g/mol. The molecule has 6 heteroatoms. The third kappa shape index (κ3) is 1.63. The largest absolute Gasteiger partial charge is 0.449 e. The molecule has 0 aliphatic rings. The molecule has 0 atom stereocenters. The Balaban J connectivity index is 3.23. The van der Waals surface area contributed by atoms with Crippen LogP contribution in [0, 0.1) is 6.92 Å². The van der Waals surface area contributed by atoms with Crippen LogP contribution in [0.5, 0.6) is 0 Å². The Morgan fingerprint density at radius 2 is 2.08 bits per heavy atom. The van der Waals surface area contributed by atoms with Crippen molar-refractivity contribution >= 4 is 0 Å². The summed E-state index contributed by atoms with van der Waals surface area (Å²) in [5.74, 6) is -1.27. The summed E-state index contributed by atoms with van der Waals surface area (Å²) in [5.41, 5.74) is -0.611. The highest BCUT2D eigenvalue weighted by molar-refractivity contribution is 5.04. The molecule has 1 rings (SSSR count). The van der Waals surface area contributed by atoms with Gasteiger partial charge in [-0.3, -0.25) is 4.79 Å². The standard InChI is InChI=1S/C6H5F3N2O/c1-3-2-10-5(6(7,8)9)11-4(3)12/h2H,1H3,(H,10,11,12). The molecule has 0 aliphatic carbocycles. The molecule has 1 N–H and O–H groups in total. The number of halogens is 3. The molecule has 0 saturated carbocycles. The average molecular weight is 178 g/mol. The zero-order chi connectivity index (χ0) is 9.35. The monoisotopic (exact) mass is 178 g/mol. The number of hydrogen-bond acceptors (Lipinski definition) is 2. The van der Waals surface area contributed by atoms with E-state index < -0.39 is 17.6 Å². The van der Waals surface area contributed by atoms with Gasteiger partial charge in [0.15, 0.2) is 0 Å². The maximum atomic E-state index is 11.9. The number of rotatable bonds is 0. The van der Waals surface area contributed by atoms with Gasteiger partial charge >= 0.3 is 6.18 Å². The first kappa shape index (κ1) is 8.76. The lowest BCUT2D eigenvalue weighted by atomic mass is 10.4. The summed E-state index contributed by atoms with van der Waals surface area (Å²) in [7, 11) is 0. The quantitative estimate of drug-likeness (QED) is 0.646. The molecule has 0 unspecified atom stereocenters. The number of hydrogen-bond donors (Lipinski definition) is 1. The number of aromatic amines is 1. The second-order valence-corrected chi connectivity index (χ2v) is 2.24. The fraction of sp³-hybridized carbons (Fsp3) is 0.333. The first-order valence-electron chi connectivity index (χ1n) is 3.04. The lowest BCUT2D eigenvalue weighted by molar-refractivity contribution is -0.145. The Kier molecular flexibility index (Phi) is 1.91. The van der Waals surface area contributed by atoms with E-state index in [4.69, 9.17) is 0 Å². The van der Waals surface area contributed by atoms with Crippen LogP contribution in [0.25, 0.3) is 0 Å². The molecule has 1 aromatic rings. The van der Waals surface area contributed by atoms with Crippen LogP contribution in [0.1, 0.15) is 11.4 Å². The Bertz CT molecular complexity index is 341. The van der Waals surface area contributed by atoms with E-state index >= 15 is 0 Å². The fourth-order valence-electron chi connectivity index (χ4n) is 0.602. The highest BCUT2D eigenvalue weighted by atomic mass is 19.4. The van der Waals surface area contributed by atoms with E-state index in [0.29, 0.717) is 0 Å². The summed E-state index contributed by atoms with van der Waals surface area (Å²) in [6.45, 7) is 1.38. The van der Waals surface area contributed by atoms with Crippen LogP contribution in [-0.2, 0) is 6.18 Å². The minimum Gasteiger partial charge on any atom is -0.303 e. The number of H-pyrrole nitrogens is 1. The minimum absolute atomic E-state index is 0.156. The first-order valence-corrected chi connectivity index (χ1v) is 3.04. The molecule has 0 fully saturated rings. The van der Waals surface area contributed by atoms with Crippen molar-refractivity contribution in [2.45, 2.75) is 13.1 Å². The maximum absolute atomic E-state index is 11.9. The van der Waals surface area contributed by atoms with Gasteiger partial charge in [0.2, 0.25) is 5.82 Å². The normalized spacial score (nSPS) is 11.7. The van der Waals surface area contributed by atoms with Crippen molar-refractivity contribution < 1.29 is 13.2 Å². The number of nitrogens with one attached hydrogen (secondary N) is 1. The highest BCUT2D eigenvalue weighted by Crippen LogP contribution is 2.24. The molecule has 0 aliphatic heterocycles. The van der Waals surface area contributed by atoms with Crippen LogP contribution >= 0.6 is 0 Å². The van der Waals surface area contributed by atoms with Crippen molar-refractivity contribution in [3.05, 3.63) is 27.9 Å². The van der Waals surface area contributed by atoms with Crippen LogP contribution in [0.4, 0.5) is 13.2 Å². The van der Waals surface area contributed by atoms with Crippen molar-refractivity contribution in [1.29, 1.82) is 0 Å². The molecule has 12 heavy (non-hydrogen) atoms. The summed E-state index contributed by atoms with van der Waals surface area (Å²) in [6, 6.07) is 0. The zero-order valence-electron chi connectivity index (χ0n) is 6.07. The molecule has 0 bridgehead atoms. The Morgan fingerprint density at radius 3 is 2.50 bits per heavy atom.